The highest BCUT2D eigenvalue weighted by molar-refractivity contribution is 8.00. The Kier molecular flexibility index (Phi) is 5.84. The van der Waals surface area contributed by atoms with Crippen molar-refractivity contribution in [3.8, 4) is 0 Å². The van der Waals surface area contributed by atoms with Gasteiger partial charge >= 0.3 is 0 Å². The molecule has 1 N–H and O–H groups in total. The maximum atomic E-state index is 12.8. The minimum absolute atomic E-state index is 0.0104. The predicted molar refractivity (Wildman–Crippen MR) is 87.7 cm³/mol. The van der Waals surface area contributed by atoms with Gasteiger partial charge in [-0.2, -0.15) is 16.1 Å². The van der Waals surface area contributed by atoms with Crippen LogP contribution in [0.25, 0.3) is 0 Å². The van der Waals surface area contributed by atoms with E-state index in [-0.39, 0.29) is 20.5 Å². The molecule has 1 aliphatic rings. The van der Waals surface area contributed by atoms with Crippen molar-refractivity contribution in [2.75, 3.05) is 18.8 Å². The van der Waals surface area contributed by atoms with E-state index < -0.39 is 16.6 Å². The summed E-state index contributed by atoms with van der Waals surface area (Å²) >= 11 is 13.9. The number of nitrogens with zero attached hydrogens (tertiary/aromatic N) is 1. The van der Waals surface area contributed by atoms with Gasteiger partial charge in [-0.3, -0.25) is 0 Å². The molecular weight excluding hydrogens is 353 g/mol. The van der Waals surface area contributed by atoms with Gasteiger partial charge in [-0.25, -0.2) is 8.42 Å². The first-order chi connectivity index (χ1) is 9.91. The second-order valence-electron chi connectivity index (χ2n) is 4.76. The first-order valence-electron chi connectivity index (χ1n) is 6.61. The second-order valence-corrected chi connectivity index (χ2v) is 8.86. The maximum Gasteiger partial charge on any atom is 0.244 e. The number of hydrogen-bond acceptors (Lipinski definition) is 4. The van der Waals surface area contributed by atoms with Crippen molar-refractivity contribution in [2.24, 2.45) is 0 Å². The summed E-state index contributed by atoms with van der Waals surface area (Å²) in [6.45, 7) is 2.61. The van der Waals surface area contributed by atoms with Gasteiger partial charge in [0, 0.05) is 34.7 Å². The van der Waals surface area contributed by atoms with Crippen LogP contribution in [0.4, 0.5) is 0 Å². The average molecular weight is 370 g/mol. The number of sulfonamides is 1. The fraction of sp³-hybridized carbons (Fsp3) is 0.538. The molecule has 4 nitrogen and oxygen atoms in total. The van der Waals surface area contributed by atoms with Crippen molar-refractivity contribution < 1.29 is 13.5 Å². The van der Waals surface area contributed by atoms with Gasteiger partial charge in [0.1, 0.15) is 4.90 Å². The molecule has 118 valence electrons. The van der Waals surface area contributed by atoms with E-state index in [1.807, 2.05) is 6.92 Å². The number of aliphatic hydroxyl groups excluding tert-OH is 1. The number of benzene rings is 1. The molecule has 1 unspecified atom stereocenters. The van der Waals surface area contributed by atoms with E-state index in [9.17, 15) is 13.5 Å². The lowest BCUT2D eigenvalue weighted by molar-refractivity contribution is 0.281. The monoisotopic (exact) mass is 369 g/mol. The summed E-state index contributed by atoms with van der Waals surface area (Å²) in [6.07, 6.45) is 0.924. The van der Waals surface area contributed by atoms with Gasteiger partial charge in [-0.05, 0) is 18.6 Å². The highest BCUT2D eigenvalue weighted by Gasteiger charge is 2.32. The number of halogens is 2. The normalized spacial score (nSPS) is 20.7. The lowest BCUT2D eigenvalue weighted by atomic mass is 10.2. The van der Waals surface area contributed by atoms with Crippen molar-refractivity contribution in [3.63, 3.8) is 0 Å². The molecule has 0 aliphatic carbocycles. The maximum absolute atomic E-state index is 12.8. The molecule has 1 fully saturated rings. The van der Waals surface area contributed by atoms with Crippen molar-refractivity contribution in [1.82, 2.24) is 4.31 Å². The molecule has 0 radical (unpaired) electrons. The lowest BCUT2D eigenvalue weighted by Crippen LogP contribution is -2.41. The average Bonchev–Trinajstić information content (AvgIpc) is 2.47. The van der Waals surface area contributed by atoms with Crippen LogP contribution in [0.15, 0.2) is 17.0 Å². The van der Waals surface area contributed by atoms with Crippen LogP contribution in [-0.4, -0.2) is 41.9 Å². The lowest BCUT2D eigenvalue weighted by Gasteiger charge is -2.31. The molecule has 1 atom stereocenters. The summed E-state index contributed by atoms with van der Waals surface area (Å²) in [5.41, 5.74) is 0.248. The van der Waals surface area contributed by atoms with E-state index in [4.69, 9.17) is 23.2 Å². The van der Waals surface area contributed by atoms with Gasteiger partial charge in [0.15, 0.2) is 0 Å². The molecular formula is C13H17Cl2NO3S2. The minimum Gasteiger partial charge on any atom is -0.392 e. The standard InChI is InChI=1S/C13H17Cl2NO3S2/c1-2-9-7-16(5-6-20-9)21(18,19)12-4-3-11(14)10(8-17)13(12)15/h3-4,9,17H,2,5-8H2,1H3. The molecule has 8 heteroatoms. The first kappa shape index (κ1) is 17.4. The van der Waals surface area contributed by atoms with Gasteiger partial charge in [0.25, 0.3) is 0 Å². The van der Waals surface area contributed by atoms with E-state index in [0.29, 0.717) is 18.3 Å². The summed E-state index contributed by atoms with van der Waals surface area (Å²) in [4.78, 5) is 0.0133. The quantitative estimate of drug-likeness (QED) is 0.885. The van der Waals surface area contributed by atoms with Crippen molar-refractivity contribution in [1.29, 1.82) is 0 Å². The molecule has 1 saturated heterocycles. The van der Waals surface area contributed by atoms with E-state index in [0.717, 1.165) is 12.2 Å². The number of hydrogen-bond donors (Lipinski definition) is 1. The zero-order chi connectivity index (χ0) is 15.6. The van der Waals surface area contributed by atoms with Crippen LogP contribution < -0.4 is 0 Å². The fourth-order valence-corrected chi connectivity index (χ4v) is 5.97. The van der Waals surface area contributed by atoms with Crippen molar-refractivity contribution in [3.05, 3.63) is 27.7 Å². The number of rotatable bonds is 4. The highest BCUT2D eigenvalue weighted by atomic mass is 35.5. The van der Waals surface area contributed by atoms with Crippen LogP contribution in [0.3, 0.4) is 0 Å². The van der Waals surface area contributed by atoms with Gasteiger partial charge in [-0.1, -0.05) is 30.1 Å². The van der Waals surface area contributed by atoms with Gasteiger partial charge in [-0.15, -0.1) is 0 Å². The third-order valence-corrected chi connectivity index (χ3v) is 7.66. The van der Waals surface area contributed by atoms with Crippen LogP contribution in [0.1, 0.15) is 18.9 Å². The van der Waals surface area contributed by atoms with Crippen molar-refractivity contribution >= 4 is 45.0 Å². The third kappa shape index (κ3) is 3.51. The highest BCUT2D eigenvalue weighted by Crippen LogP contribution is 2.34. The Labute approximate surface area is 139 Å². The molecule has 2 rings (SSSR count). The zero-order valence-corrected chi connectivity index (χ0v) is 14.7. The van der Waals surface area contributed by atoms with Gasteiger partial charge in [0.2, 0.25) is 10.0 Å². The Morgan fingerprint density at radius 2 is 2.14 bits per heavy atom. The van der Waals surface area contributed by atoms with Crippen LogP contribution in [-0.2, 0) is 16.6 Å². The summed E-state index contributed by atoms with van der Waals surface area (Å²) < 4.78 is 27.0. The zero-order valence-electron chi connectivity index (χ0n) is 11.6. The Hall–Kier alpha value is 0.0200. The summed E-state index contributed by atoms with van der Waals surface area (Å²) in [6, 6.07) is 2.86. The Morgan fingerprint density at radius 1 is 1.43 bits per heavy atom. The van der Waals surface area contributed by atoms with E-state index in [1.54, 1.807) is 11.8 Å². The predicted octanol–water partition coefficient (Wildman–Crippen LogP) is 3.00. The number of aliphatic hydroxyl groups is 1. The first-order valence-corrected chi connectivity index (χ1v) is 9.85. The van der Waals surface area contributed by atoms with Crippen LogP contribution in [0, 0.1) is 0 Å². The SMILES string of the molecule is CCC1CN(S(=O)(=O)c2ccc(Cl)c(CO)c2Cl)CCS1. The third-order valence-electron chi connectivity index (χ3n) is 3.48. The Balaban J connectivity index is 2.40. The molecule has 1 heterocycles. The molecule has 1 aromatic rings. The topological polar surface area (TPSA) is 57.6 Å². The van der Waals surface area contributed by atoms with Crippen LogP contribution >= 0.6 is 35.0 Å². The summed E-state index contributed by atoms with van der Waals surface area (Å²) in [5, 5.41) is 9.88. The Morgan fingerprint density at radius 3 is 2.76 bits per heavy atom. The van der Waals surface area contributed by atoms with Gasteiger partial charge < -0.3 is 5.11 Å². The second kappa shape index (κ2) is 7.06. The molecule has 0 saturated carbocycles. The van der Waals surface area contributed by atoms with E-state index >= 15 is 0 Å². The fourth-order valence-electron chi connectivity index (χ4n) is 2.22. The molecule has 1 aliphatic heterocycles. The summed E-state index contributed by atoms with van der Waals surface area (Å²) in [7, 11) is -3.67. The largest absolute Gasteiger partial charge is 0.392 e. The molecule has 0 amide bonds. The molecule has 1 aromatic carbocycles. The molecule has 0 bridgehead atoms. The van der Waals surface area contributed by atoms with E-state index in [1.165, 1.54) is 16.4 Å². The minimum atomic E-state index is -3.67. The van der Waals surface area contributed by atoms with E-state index in [2.05, 4.69) is 0 Å². The Bertz CT molecular complexity index is 622. The van der Waals surface area contributed by atoms with Crippen LogP contribution in [0.2, 0.25) is 10.0 Å². The van der Waals surface area contributed by atoms with Gasteiger partial charge in [0.05, 0.1) is 11.6 Å². The smallest absolute Gasteiger partial charge is 0.244 e. The van der Waals surface area contributed by atoms with Crippen molar-refractivity contribution in [2.45, 2.75) is 30.1 Å². The number of thioether (sulfide) groups is 1. The molecule has 0 aromatic heterocycles. The summed E-state index contributed by atoms with van der Waals surface area (Å²) in [5.74, 6) is 0.774. The van der Waals surface area contributed by atoms with Crippen LogP contribution in [0.5, 0.6) is 0 Å². The molecule has 21 heavy (non-hydrogen) atoms. The molecule has 0 spiro atoms.